The van der Waals surface area contributed by atoms with Gasteiger partial charge in [0.1, 0.15) is 11.9 Å². The molecule has 8 nitrogen and oxygen atoms in total. The summed E-state index contributed by atoms with van der Waals surface area (Å²) in [4.78, 5) is 17.1. The average molecular weight is 646 g/mol. The maximum atomic E-state index is 12.3. The fraction of sp³-hybridized carbons (Fsp3) is 0.375. The Morgan fingerprint density at radius 2 is 1.88 bits per heavy atom. The number of hydrogen-bond acceptors (Lipinski definition) is 7. The number of terminal acetylenes is 1. The Kier molecular flexibility index (Phi) is 11.2. The van der Waals surface area contributed by atoms with Crippen molar-refractivity contribution < 1.29 is 14.3 Å². The molecule has 2 atom stereocenters. The van der Waals surface area contributed by atoms with Crippen LogP contribution in [0.15, 0.2) is 102 Å². The summed E-state index contributed by atoms with van der Waals surface area (Å²) in [6, 6.07) is 14.8. The molecule has 2 fully saturated rings. The number of methoxy groups -OCH3 is 1. The molecule has 6 rings (SSSR count). The van der Waals surface area contributed by atoms with Crippen LogP contribution < -0.4 is 25.6 Å². The Morgan fingerprint density at radius 1 is 1.04 bits per heavy atom. The molecule has 48 heavy (non-hydrogen) atoms. The first kappa shape index (κ1) is 33.0. The van der Waals surface area contributed by atoms with E-state index in [0.29, 0.717) is 12.3 Å². The van der Waals surface area contributed by atoms with E-state index in [9.17, 15) is 4.79 Å². The first-order chi connectivity index (χ1) is 23.6. The Balaban J connectivity index is 1.00. The number of rotatable bonds is 13. The number of anilines is 1. The van der Waals surface area contributed by atoms with E-state index >= 15 is 0 Å². The molecular formula is C40H47N5O3. The molecule has 0 spiro atoms. The first-order valence-corrected chi connectivity index (χ1v) is 17.2. The molecule has 3 aliphatic heterocycles. The molecule has 2 aromatic rings. The van der Waals surface area contributed by atoms with Crippen LogP contribution in [0.4, 0.5) is 5.69 Å². The number of unbranched alkanes of at least 4 members (excludes halogenated alkanes) is 2. The summed E-state index contributed by atoms with van der Waals surface area (Å²) >= 11 is 0. The summed E-state index contributed by atoms with van der Waals surface area (Å²) in [6.45, 7) is 3.72. The number of allylic oxidation sites excluding steroid dienone is 7. The zero-order valence-corrected chi connectivity index (χ0v) is 27.9. The lowest BCUT2D eigenvalue weighted by Crippen LogP contribution is -2.38. The fourth-order valence-corrected chi connectivity index (χ4v) is 6.76. The minimum atomic E-state index is -0.122. The van der Waals surface area contributed by atoms with Gasteiger partial charge in [-0.15, -0.1) is 6.42 Å². The predicted molar refractivity (Wildman–Crippen MR) is 192 cm³/mol. The minimum Gasteiger partial charge on any atom is -0.484 e. The molecule has 2 aromatic carbocycles. The summed E-state index contributed by atoms with van der Waals surface area (Å²) in [6.07, 6.45) is 26.7. The number of piperidine rings is 1. The fourth-order valence-electron chi connectivity index (χ4n) is 6.76. The Bertz CT molecular complexity index is 1620. The molecule has 3 N–H and O–H groups in total. The first-order valence-electron chi connectivity index (χ1n) is 17.2. The lowest BCUT2D eigenvalue weighted by molar-refractivity contribution is -0.123. The lowest BCUT2D eigenvalue weighted by atomic mass is 10.1. The van der Waals surface area contributed by atoms with Gasteiger partial charge in [0.2, 0.25) is 0 Å². The number of nitrogens with zero attached hydrogens (tertiary/aromatic N) is 2. The average Bonchev–Trinajstić information content (AvgIpc) is 3.42. The predicted octanol–water partition coefficient (Wildman–Crippen LogP) is 6.50. The van der Waals surface area contributed by atoms with E-state index in [-0.39, 0.29) is 24.9 Å². The summed E-state index contributed by atoms with van der Waals surface area (Å²) < 4.78 is 11.8. The summed E-state index contributed by atoms with van der Waals surface area (Å²) in [5.74, 6) is 3.00. The molecule has 8 heteroatoms. The second-order valence-electron chi connectivity index (χ2n) is 12.7. The van der Waals surface area contributed by atoms with Crippen LogP contribution in [0.25, 0.3) is 0 Å². The Hall–Kier alpha value is -4.87. The van der Waals surface area contributed by atoms with E-state index in [0.717, 1.165) is 68.0 Å². The van der Waals surface area contributed by atoms with Gasteiger partial charge in [0, 0.05) is 68.1 Å². The smallest absolute Gasteiger partial charge is 0.257 e. The second-order valence-corrected chi connectivity index (χ2v) is 12.7. The number of fused-ring (bicyclic) bond motifs is 3. The van der Waals surface area contributed by atoms with Crippen molar-refractivity contribution in [3.63, 3.8) is 0 Å². The molecule has 3 heterocycles. The maximum absolute atomic E-state index is 12.3. The van der Waals surface area contributed by atoms with Crippen LogP contribution >= 0.6 is 0 Å². The number of carbonyl (C=O) groups excluding carboxylic acids is 1. The number of benzene rings is 2. The summed E-state index contributed by atoms with van der Waals surface area (Å²) in [7, 11) is 1.80. The van der Waals surface area contributed by atoms with Crippen LogP contribution in [0.5, 0.6) is 5.75 Å². The highest BCUT2D eigenvalue weighted by molar-refractivity contribution is 5.77. The SMILES string of the molecule is C#C/C=C\C=C/CCCCNC(=O)COc1ccc(C2NC3=CC=C(N4Cc5cc(N6CCCCC6)ccc5C4OC)C=C(C3)N2)cc1. The largest absolute Gasteiger partial charge is 0.484 e. The molecule has 2 saturated heterocycles. The number of amides is 1. The Labute approximate surface area is 285 Å². The zero-order valence-electron chi connectivity index (χ0n) is 27.9. The van der Waals surface area contributed by atoms with Crippen molar-refractivity contribution in [3.8, 4) is 18.1 Å². The van der Waals surface area contributed by atoms with Crippen LogP contribution in [-0.2, 0) is 16.1 Å². The molecule has 0 saturated carbocycles. The number of carbonyl (C=O) groups is 1. The lowest BCUT2D eigenvalue weighted by Gasteiger charge is -2.31. The van der Waals surface area contributed by atoms with E-state index in [4.69, 9.17) is 15.9 Å². The van der Waals surface area contributed by atoms with E-state index in [1.54, 1.807) is 13.2 Å². The van der Waals surface area contributed by atoms with E-state index in [1.807, 2.05) is 36.4 Å². The molecule has 0 aromatic heterocycles. The number of nitrogens with one attached hydrogen (secondary N) is 3. The highest BCUT2D eigenvalue weighted by Crippen LogP contribution is 2.40. The molecule has 4 aliphatic rings. The van der Waals surface area contributed by atoms with Crippen molar-refractivity contribution in [1.82, 2.24) is 20.9 Å². The summed E-state index contributed by atoms with van der Waals surface area (Å²) in [5.41, 5.74) is 8.44. The maximum Gasteiger partial charge on any atom is 0.257 e. The molecule has 0 radical (unpaired) electrons. The van der Waals surface area contributed by atoms with Gasteiger partial charge in [-0.2, -0.15) is 0 Å². The van der Waals surface area contributed by atoms with Crippen molar-refractivity contribution >= 4 is 11.6 Å². The number of ether oxygens (including phenoxy) is 2. The van der Waals surface area contributed by atoms with Gasteiger partial charge in [-0.05, 0) is 98.2 Å². The van der Waals surface area contributed by atoms with Gasteiger partial charge >= 0.3 is 0 Å². The van der Waals surface area contributed by atoms with Crippen molar-refractivity contribution in [3.05, 3.63) is 119 Å². The second kappa shape index (κ2) is 16.3. The van der Waals surface area contributed by atoms with Gasteiger partial charge in [0.05, 0.1) is 0 Å². The van der Waals surface area contributed by atoms with Gasteiger partial charge in [0.15, 0.2) is 12.8 Å². The van der Waals surface area contributed by atoms with Gasteiger partial charge in [-0.3, -0.25) is 4.79 Å². The molecule has 1 amide bonds. The quantitative estimate of drug-likeness (QED) is 0.131. The molecular weight excluding hydrogens is 598 g/mol. The van der Waals surface area contributed by atoms with Crippen molar-refractivity contribution in [1.29, 1.82) is 0 Å². The summed E-state index contributed by atoms with van der Waals surface area (Å²) in [5, 5.41) is 10.3. The monoisotopic (exact) mass is 645 g/mol. The molecule has 2 bridgehead atoms. The highest BCUT2D eigenvalue weighted by atomic mass is 16.5. The van der Waals surface area contributed by atoms with Gasteiger partial charge in [0.25, 0.3) is 5.91 Å². The third-order valence-electron chi connectivity index (χ3n) is 9.25. The number of hydrogen-bond donors (Lipinski definition) is 3. The molecule has 250 valence electrons. The Morgan fingerprint density at radius 3 is 2.69 bits per heavy atom. The third-order valence-corrected chi connectivity index (χ3v) is 9.25. The van der Waals surface area contributed by atoms with Crippen LogP contribution in [0.1, 0.15) is 74.0 Å². The van der Waals surface area contributed by atoms with Crippen LogP contribution in [0, 0.1) is 12.3 Å². The molecule has 2 unspecified atom stereocenters. The van der Waals surface area contributed by atoms with Crippen LogP contribution in [0.3, 0.4) is 0 Å². The van der Waals surface area contributed by atoms with Crippen molar-refractivity contribution in [2.75, 3.05) is 38.3 Å². The standard InChI is InChI=1S/C40H47N5O3/c1-3-4-5-6-7-8-9-11-22-41-38(46)29-48-36-19-14-30(15-20-36)39-42-32-16-17-35(27-33(26-32)43-39)45-28-31-25-34(44-23-12-10-13-24-44)18-21-37(31)40(45)47-2/h1,4-7,14-21,25,27,39-40,42-43H,8-13,22-24,26,28-29H2,2H3,(H,41,46)/b5-4-,7-6-. The highest BCUT2D eigenvalue weighted by Gasteiger charge is 2.33. The normalized spacial score (nSPS) is 20.2. The zero-order chi connectivity index (χ0) is 33.1. The van der Waals surface area contributed by atoms with Crippen molar-refractivity contribution in [2.45, 2.75) is 63.9 Å². The third kappa shape index (κ3) is 8.34. The minimum absolute atomic E-state index is 0.00726. The van der Waals surface area contributed by atoms with E-state index < -0.39 is 0 Å². The topological polar surface area (TPSA) is 78.1 Å². The van der Waals surface area contributed by atoms with E-state index in [2.05, 4.69) is 74.2 Å². The van der Waals surface area contributed by atoms with Gasteiger partial charge < -0.3 is 35.2 Å². The van der Waals surface area contributed by atoms with Crippen LogP contribution in [0.2, 0.25) is 0 Å². The molecule has 1 aliphatic carbocycles. The van der Waals surface area contributed by atoms with Gasteiger partial charge in [-0.25, -0.2) is 0 Å². The van der Waals surface area contributed by atoms with Gasteiger partial charge in [-0.1, -0.05) is 42.3 Å². The van der Waals surface area contributed by atoms with Crippen LogP contribution in [-0.4, -0.2) is 44.2 Å². The van der Waals surface area contributed by atoms with E-state index in [1.165, 1.54) is 36.1 Å². The van der Waals surface area contributed by atoms with Crippen molar-refractivity contribution in [2.24, 2.45) is 0 Å².